The Labute approximate surface area is 170 Å². The second-order valence-electron chi connectivity index (χ2n) is 8.16. The quantitative estimate of drug-likeness (QED) is 0.788. The highest BCUT2D eigenvalue weighted by atomic mass is 16.5. The van der Waals surface area contributed by atoms with Crippen LogP contribution in [-0.4, -0.2) is 70.2 Å². The molecule has 0 spiro atoms. The molecule has 154 valence electrons. The van der Waals surface area contributed by atoms with E-state index in [1.54, 1.807) is 6.20 Å². The van der Waals surface area contributed by atoms with Crippen LogP contribution in [0.3, 0.4) is 0 Å². The Morgan fingerprint density at radius 2 is 1.83 bits per heavy atom. The fourth-order valence-corrected chi connectivity index (χ4v) is 4.67. The number of aromatic nitrogens is 4. The van der Waals surface area contributed by atoms with E-state index in [2.05, 4.69) is 24.9 Å². The van der Waals surface area contributed by atoms with Gasteiger partial charge in [-0.05, 0) is 50.7 Å². The third-order valence-electron chi connectivity index (χ3n) is 6.38. The van der Waals surface area contributed by atoms with Gasteiger partial charge in [-0.15, -0.1) is 5.10 Å². The molecule has 1 amide bonds. The Balaban J connectivity index is 1.20. The summed E-state index contributed by atoms with van der Waals surface area (Å²) in [5.74, 6) is 0.990. The fraction of sp³-hybridized carbons (Fsp3) is 0.619. The third-order valence-corrected chi connectivity index (χ3v) is 6.38. The molecule has 0 aromatic carbocycles. The Kier molecular flexibility index (Phi) is 5.18. The number of rotatable bonds is 3. The number of nitrogens with zero attached hydrogens (tertiary/aromatic N) is 6. The first kappa shape index (κ1) is 18.5. The lowest BCUT2D eigenvalue weighted by atomic mass is 9.99. The van der Waals surface area contributed by atoms with Crippen LogP contribution in [-0.2, 0) is 17.6 Å². The van der Waals surface area contributed by atoms with E-state index >= 15 is 0 Å². The van der Waals surface area contributed by atoms with E-state index < -0.39 is 0 Å². The third kappa shape index (κ3) is 3.73. The lowest BCUT2D eigenvalue weighted by Gasteiger charge is -2.33. The van der Waals surface area contributed by atoms with Crippen molar-refractivity contribution >= 4 is 11.7 Å². The minimum Gasteiger partial charge on any atom is -0.378 e. The zero-order valence-corrected chi connectivity index (χ0v) is 16.8. The van der Waals surface area contributed by atoms with E-state index in [1.165, 1.54) is 24.2 Å². The van der Waals surface area contributed by atoms with Crippen molar-refractivity contribution in [3.05, 3.63) is 35.3 Å². The number of piperidine rings is 1. The Morgan fingerprint density at radius 3 is 2.59 bits per heavy atom. The van der Waals surface area contributed by atoms with Crippen LogP contribution in [0.15, 0.2) is 18.3 Å². The summed E-state index contributed by atoms with van der Waals surface area (Å²) < 4.78 is 7.54. The highest BCUT2D eigenvalue weighted by Gasteiger charge is 2.28. The zero-order valence-electron chi connectivity index (χ0n) is 16.8. The molecule has 3 aliphatic rings. The van der Waals surface area contributed by atoms with Crippen molar-refractivity contribution in [1.82, 2.24) is 24.9 Å². The number of pyridine rings is 1. The number of morpholine rings is 1. The molecule has 8 heteroatoms. The maximum Gasteiger partial charge on any atom is 0.255 e. The van der Waals surface area contributed by atoms with Gasteiger partial charge in [0.15, 0.2) is 0 Å². The van der Waals surface area contributed by atoms with Gasteiger partial charge in [-0.1, -0.05) is 5.21 Å². The van der Waals surface area contributed by atoms with Crippen molar-refractivity contribution in [2.24, 2.45) is 0 Å². The lowest BCUT2D eigenvalue weighted by molar-refractivity contribution is 0.0687. The number of likely N-dealkylation sites (tertiary alicyclic amines) is 1. The number of aryl methyl sites for hydroxylation is 1. The van der Waals surface area contributed by atoms with Crippen LogP contribution in [0.5, 0.6) is 0 Å². The molecule has 2 aliphatic heterocycles. The van der Waals surface area contributed by atoms with Crippen LogP contribution in [0.1, 0.15) is 53.5 Å². The number of carbonyl (C=O) groups is 1. The molecule has 1 aliphatic carbocycles. The van der Waals surface area contributed by atoms with E-state index in [-0.39, 0.29) is 5.91 Å². The van der Waals surface area contributed by atoms with Crippen molar-refractivity contribution in [1.29, 1.82) is 0 Å². The molecule has 0 atom stereocenters. The van der Waals surface area contributed by atoms with Gasteiger partial charge in [0.25, 0.3) is 5.91 Å². The van der Waals surface area contributed by atoms with Crippen molar-refractivity contribution < 1.29 is 9.53 Å². The van der Waals surface area contributed by atoms with Crippen LogP contribution in [0.4, 0.5) is 5.82 Å². The van der Waals surface area contributed by atoms with Crippen LogP contribution >= 0.6 is 0 Å². The number of amides is 1. The molecule has 0 radical (unpaired) electrons. The van der Waals surface area contributed by atoms with Crippen molar-refractivity contribution in [3.8, 4) is 0 Å². The van der Waals surface area contributed by atoms with Crippen molar-refractivity contribution in [2.75, 3.05) is 44.3 Å². The molecular weight excluding hydrogens is 368 g/mol. The predicted octanol–water partition coefficient (Wildman–Crippen LogP) is 1.87. The summed E-state index contributed by atoms with van der Waals surface area (Å²) in [7, 11) is 0. The molecule has 2 aromatic heterocycles. The minimum atomic E-state index is 0.0742. The van der Waals surface area contributed by atoms with Crippen LogP contribution in [0, 0.1) is 0 Å². The highest BCUT2D eigenvalue weighted by Crippen LogP contribution is 2.28. The molecular formula is C21H28N6O2. The minimum absolute atomic E-state index is 0.0742. The normalized spacial score (nSPS) is 20.6. The summed E-state index contributed by atoms with van der Waals surface area (Å²) in [6, 6.07) is 4.21. The fourth-order valence-electron chi connectivity index (χ4n) is 4.67. The number of carbonyl (C=O) groups excluding carboxylic acids is 1. The maximum atomic E-state index is 12.9. The van der Waals surface area contributed by atoms with Crippen LogP contribution in [0.25, 0.3) is 0 Å². The molecule has 0 unspecified atom stereocenters. The molecule has 29 heavy (non-hydrogen) atoms. The summed E-state index contributed by atoms with van der Waals surface area (Å²) in [5, 5.41) is 8.84. The standard InChI is InChI=1S/C21H28N6O2/c28-21(16-5-6-20(22-15-16)25-11-13-29-14-12-25)26-9-7-17(8-10-26)27-19-4-2-1-3-18(19)23-24-27/h5-6,15,17H,1-4,7-14H2. The average molecular weight is 396 g/mol. The summed E-state index contributed by atoms with van der Waals surface area (Å²) >= 11 is 0. The van der Waals surface area contributed by atoms with Crippen LogP contribution in [0.2, 0.25) is 0 Å². The number of fused-ring (bicyclic) bond motifs is 1. The number of hydrogen-bond donors (Lipinski definition) is 0. The molecule has 0 bridgehead atoms. The predicted molar refractivity (Wildman–Crippen MR) is 108 cm³/mol. The number of hydrogen-bond acceptors (Lipinski definition) is 6. The molecule has 5 rings (SSSR count). The largest absolute Gasteiger partial charge is 0.378 e. The van der Waals surface area contributed by atoms with Gasteiger partial charge in [0.05, 0.1) is 36.2 Å². The second kappa shape index (κ2) is 8.10. The van der Waals surface area contributed by atoms with Gasteiger partial charge in [0.2, 0.25) is 0 Å². The average Bonchev–Trinajstić information content (AvgIpc) is 3.24. The number of anilines is 1. The van der Waals surface area contributed by atoms with Crippen molar-refractivity contribution in [2.45, 2.75) is 44.6 Å². The molecule has 0 N–H and O–H groups in total. The Bertz CT molecular complexity index is 851. The lowest BCUT2D eigenvalue weighted by Crippen LogP contribution is -2.40. The Hall–Kier alpha value is -2.48. The van der Waals surface area contributed by atoms with Gasteiger partial charge in [0, 0.05) is 32.4 Å². The molecule has 0 saturated carbocycles. The SMILES string of the molecule is O=C(c1ccc(N2CCOCC2)nc1)N1CCC(n2nnc3c2CCCC3)CC1. The van der Waals surface area contributed by atoms with Gasteiger partial charge in [-0.2, -0.15) is 0 Å². The summed E-state index contributed by atoms with van der Waals surface area (Å²) in [4.78, 5) is 21.6. The van der Waals surface area contributed by atoms with Gasteiger partial charge < -0.3 is 14.5 Å². The van der Waals surface area contributed by atoms with Crippen LogP contribution < -0.4 is 4.90 Å². The second-order valence-corrected chi connectivity index (χ2v) is 8.16. The topological polar surface area (TPSA) is 76.4 Å². The van der Waals surface area contributed by atoms with Gasteiger partial charge in [0.1, 0.15) is 5.82 Å². The summed E-state index contributed by atoms with van der Waals surface area (Å²) in [6.45, 7) is 4.66. The van der Waals surface area contributed by atoms with E-state index in [0.717, 1.165) is 70.9 Å². The smallest absolute Gasteiger partial charge is 0.255 e. The summed E-state index contributed by atoms with van der Waals surface area (Å²) in [5.41, 5.74) is 3.17. The molecule has 8 nitrogen and oxygen atoms in total. The number of ether oxygens (including phenoxy) is 1. The van der Waals surface area contributed by atoms with Gasteiger partial charge >= 0.3 is 0 Å². The van der Waals surface area contributed by atoms with Crippen molar-refractivity contribution in [3.63, 3.8) is 0 Å². The van der Waals surface area contributed by atoms with E-state index in [1.807, 2.05) is 17.0 Å². The highest BCUT2D eigenvalue weighted by molar-refractivity contribution is 5.94. The van der Waals surface area contributed by atoms with Gasteiger partial charge in [-0.3, -0.25) is 4.79 Å². The molecule has 2 saturated heterocycles. The molecule has 2 fully saturated rings. The Morgan fingerprint density at radius 1 is 1.03 bits per heavy atom. The monoisotopic (exact) mass is 396 g/mol. The first-order valence-electron chi connectivity index (χ1n) is 10.8. The maximum absolute atomic E-state index is 12.9. The summed E-state index contributed by atoms with van der Waals surface area (Å²) in [6.07, 6.45) is 8.17. The molecule has 2 aromatic rings. The van der Waals surface area contributed by atoms with Gasteiger partial charge in [-0.25, -0.2) is 9.67 Å². The van der Waals surface area contributed by atoms with E-state index in [4.69, 9.17) is 4.74 Å². The first-order valence-corrected chi connectivity index (χ1v) is 10.8. The molecule has 4 heterocycles. The first-order chi connectivity index (χ1) is 14.3. The van der Waals surface area contributed by atoms with E-state index in [9.17, 15) is 4.79 Å². The zero-order chi connectivity index (χ0) is 19.6. The van der Waals surface area contributed by atoms with E-state index in [0.29, 0.717) is 11.6 Å².